The van der Waals surface area contributed by atoms with Gasteiger partial charge in [-0.05, 0) is 19.2 Å². The fraction of sp³-hybridized carbons (Fsp3) is 0.526. The molecule has 2 aliphatic rings. The highest BCUT2D eigenvalue weighted by Crippen LogP contribution is 2.20. The van der Waals surface area contributed by atoms with Crippen LogP contribution >= 0.6 is 0 Å². The molecule has 0 bridgehead atoms. The summed E-state index contributed by atoms with van der Waals surface area (Å²) >= 11 is 0. The average Bonchev–Trinajstić information content (AvgIpc) is 2.68. The Labute approximate surface area is 152 Å². The number of carbonyl (C=O) groups is 1. The lowest BCUT2D eigenvalue weighted by atomic mass is 10.1. The van der Waals surface area contributed by atoms with E-state index in [1.165, 1.54) is 0 Å². The van der Waals surface area contributed by atoms with Crippen LogP contribution < -0.4 is 4.74 Å². The average molecular weight is 356 g/mol. The smallest absolute Gasteiger partial charge is 0.253 e. The van der Waals surface area contributed by atoms with E-state index in [-0.39, 0.29) is 18.1 Å². The number of likely N-dealkylation sites (tertiary alicyclic amines) is 1. The predicted octanol–water partition coefficient (Wildman–Crippen LogP) is 1.33. The molecule has 1 unspecified atom stereocenters. The number of hydrogen-bond donors (Lipinski definition) is 0. The van der Waals surface area contributed by atoms with Gasteiger partial charge in [0.1, 0.15) is 12.2 Å². The second kappa shape index (κ2) is 7.55. The van der Waals surface area contributed by atoms with Gasteiger partial charge in [-0.2, -0.15) is 0 Å². The zero-order chi connectivity index (χ0) is 17.9. The Morgan fingerprint density at radius 1 is 1.19 bits per heavy atom. The molecule has 138 valence electrons. The van der Waals surface area contributed by atoms with E-state index in [0.29, 0.717) is 32.1 Å². The van der Waals surface area contributed by atoms with Crippen LogP contribution in [-0.4, -0.2) is 77.7 Å². The topological polar surface area (TPSA) is 67.8 Å². The first-order valence-electron chi connectivity index (χ1n) is 9.16. The van der Waals surface area contributed by atoms with Gasteiger partial charge >= 0.3 is 0 Å². The van der Waals surface area contributed by atoms with Crippen LogP contribution in [0.4, 0.5) is 0 Å². The van der Waals surface area contributed by atoms with Crippen LogP contribution in [-0.2, 0) is 9.53 Å². The van der Waals surface area contributed by atoms with Crippen molar-refractivity contribution in [1.82, 2.24) is 19.8 Å². The minimum atomic E-state index is -0.336. The summed E-state index contributed by atoms with van der Waals surface area (Å²) in [6.07, 6.45) is 2.99. The molecule has 2 aliphatic heterocycles. The van der Waals surface area contributed by atoms with Crippen molar-refractivity contribution in [3.63, 3.8) is 0 Å². The number of para-hydroxylation sites is 2. The van der Waals surface area contributed by atoms with Gasteiger partial charge in [0.05, 0.1) is 23.8 Å². The number of likely N-dealkylation sites (N-methyl/N-ethyl adjacent to an activating group) is 1. The molecule has 1 amide bonds. The lowest BCUT2D eigenvalue weighted by Crippen LogP contribution is -2.52. The van der Waals surface area contributed by atoms with E-state index in [4.69, 9.17) is 9.47 Å². The van der Waals surface area contributed by atoms with Gasteiger partial charge < -0.3 is 19.3 Å². The third kappa shape index (κ3) is 3.78. The number of carbonyl (C=O) groups excluding carboxylic acids is 1. The van der Waals surface area contributed by atoms with Crippen LogP contribution in [0.1, 0.15) is 12.8 Å². The van der Waals surface area contributed by atoms with Gasteiger partial charge in [-0.25, -0.2) is 9.97 Å². The number of ether oxygens (including phenoxy) is 2. The van der Waals surface area contributed by atoms with Crippen LogP contribution in [0.15, 0.2) is 30.5 Å². The fourth-order valence-corrected chi connectivity index (χ4v) is 3.49. The minimum Gasteiger partial charge on any atom is -0.473 e. The van der Waals surface area contributed by atoms with Gasteiger partial charge in [-0.15, -0.1) is 0 Å². The van der Waals surface area contributed by atoms with Crippen molar-refractivity contribution in [1.29, 1.82) is 0 Å². The molecule has 0 radical (unpaired) electrons. The highest BCUT2D eigenvalue weighted by atomic mass is 16.5. The molecule has 7 nitrogen and oxygen atoms in total. The maximum atomic E-state index is 12.6. The number of fused-ring (bicyclic) bond motifs is 1. The number of benzene rings is 1. The van der Waals surface area contributed by atoms with Gasteiger partial charge in [0.25, 0.3) is 5.91 Å². The Hall–Kier alpha value is -2.25. The summed E-state index contributed by atoms with van der Waals surface area (Å²) < 4.78 is 11.6. The summed E-state index contributed by atoms with van der Waals surface area (Å²) in [5.74, 6) is 0.645. The molecule has 1 aromatic heterocycles. The van der Waals surface area contributed by atoms with Gasteiger partial charge in [0.15, 0.2) is 0 Å². The van der Waals surface area contributed by atoms with Crippen LogP contribution in [0.25, 0.3) is 11.0 Å². The van der Waals surface area contributed by atoms with Gasteiger partial charge in [0, 0.05) is 39.0 Å². The normalized spacial score (nSPS) is 22.5. The molecule has 26 heavy (non-hydrogen) atoms. The number of piperidine rings is 1. The Morgan fingerprint density at radius 2 is 1.96 bits per heavy atom. The van der Waals surface area contributed by atoms with E-state index < -0.39 is 0 Å². The molecule has 2 fully saturated rings. The summed E-state index contributed by atoms with van der Waals surface area (Å²) in [4.78, 5) is 25.6. The van der Waals surface area contributed by atoms with Crippen molar-refractivity contribution in [3.05, 3.63) is 30.5 Å². The number of aromatic nitrogens is 2. The highest BCUT2D eigenvalue weighted by molar-refractivity contribution is 5.81. The zero-order valence-electron chi connectivity index (χ0n) is 15.0. The lowest BCUT2D eigenvalue weighted by molar-refractivity contribution is -0.150. The molecule has 7 heteroatoms. The summed E-state index contributed by atoms with van der Waals surface area (Å²) in [6, 6.07) is 7.74. The monoisotopic (exact) mass is 356 g/mol. The number of morpholine rings is 1. The Balaban J connectivity index is 1.32. The van der Waals surface area contributed by atoms with E-state index in [1.807, 2.05) is 36.2 Å². The molecule has 0 spiro atoms. The van der Waals surface area contributed by atoms with Crippen molar-refractivity contribution >= 4 is 16.9 Å². The Kier molecular flexibility index (Phi) is 4.99. The maximum absolute atomic E-state index is 12.6. The quantitative estimate of drug-likeness (QED) is 0.827. The molecule has 3 heterocycles. The van der Waals surface area contributed by atoms with Gasteiger partial charge in [0.2, 0.25) is 5.88 Å². The first-order valence-corrected chi connectivity index (χ1v) is 9.16. The predicted molar refractivity (Wildman–Crippen MR) is 97.0 cm³/mol. The van der Waals surface area contributed by atoms with Gasteiger partial charge in [-0.1, -0.05) is 12.1 Å². The van der Waals surface area contributed by atoms with Crippen molar-refractivity contribution in [3.8, 4) is 5.88 Å². The van der Waals surface area contributed by atoms with Crippen molar-refractivity contribution in [2.45, 2.75) is 25.0 Å². The minimum absolute atomic E-state index is 0.0597. The SMILES string of the molecule is CN1CCOC(C(=O)N2CCC(Oc3cnc4ccccc4n3)CC2)C1. The number of nitrogens with zero attached hydrogens (tertiary/aromatic N) is 4. The Morgan fingerprint density at radius 3 is 2.73 bits per heavy atom. The molecule has 0 saturated carbocycles. The fourth-order valence-electron chi connectivity index (χ4n) is 3.49. The molecular formula is C19H24N4O3. The third-order valence-corrected chi connectivity index (χ3v) is 5.01. The summed E-state index contributed by atoms with van der Waals surface area (Å²) in [6.45, 7) is 3.55. The molecule has 0 aliphatic carbocycles. The molecule has 2 saturated heterocycles. The summed E-state index contributed by atoms with van der Waals surface area (Å²) in [5.41, 5.74) is 1.69. The first-order chi connectivity index (χ1) is 12.7. The van der Waals surface area contributed by atoms with Crippen molar-refractivity contribution in [2.75, 3.05) is 39.8 Å². The largest absolute Gasteiger partial charge is 0.473 e. The van der Waals surface area contributed by atoms with Crippen LogP contribution in [0.2, 0.25) is 0 Å². The lowest BCUT2D eigenvalue weighted by Gasteiger charge is -2.36. The standard InChI is InChI=1S/C19H24N4O3/c1-22-10-11-25-17(13-22)19(24)23-8-6-14(7-9-23)26-18-12-20-15-4-2-3-5-16(15)21-18/h2-5,12,14,17H,6-11,13H2,1H3. The van der Waals surface area contributed by atoms with E-state index in [9.17, 15) is 4.79 Å². The van der Waals surface area contributed by atoms with E-state index >= 15 is 0 Å². The zero-order valence-corrected chi connectivity index (χ0v) is 15.0. The molecule has 2 aromatic rings. The molecular weight excluding hydrogens is 332 g/mol. The Bertz CT molecular complexity index is 776. The first kappa shape index (κ1) is 17.2. The van der Waals surface area contributed by atoms with Crippen LogP contribution in [0.5, 0.6) is 5.88 Å². The van der Waals surface area contributed by atoms with Crippen molar-refractivity contribution in [2.24, 2.45) is 0 Å². The van der Waals surface area contributed by atoms with E-state index in [0.717, 1.165) is 30.4 Å². The summed E-state index contributed by atoms with van der Waals surface area (Å²) in [7, 11) is 2.02. The van der Waals surface area contributed by atoms with E-state index in [2.05, 4.69) is 14.9 Å². The van der Waals surface area contributed by atoms with Gasteiger partial charge in [-0.3, -0.25) is 4.79 Å². The number of rotatable bonds is 3. The third-order valence-electron chi connectivity index (χ3n) is 5.01. The molecule has 4 rings (SSSR count). The maximum Gasteiger partial charge on any atom is 0.253 e. The molecule has 0 N–H and O–H groups in total. The highest BCUT2D eigenvalue weighted by Gasteiger charge is 2.32. The molecule has 1 atom stereocenters. The summed E-state index contributed by atoms with van der Waals surface area (Å²) in [5, 5.41) is 0. The number of hydrogen-bond acceptors (Lipinski definition) is 6. The second-order valence-corrected chi connectivity index (χ2v) is 6.96. The number of amides is 1. The van der Waals surface area contributed by atoms with Crippen LogP contribution in [0, 0.1) is 0 Å². The van der Waals surface area contributed by atoms with Crippen molar-refractivity contribution < 1.29 is 14.3 Å². The second-order valence-electron chi connectivity index (χ2n) is 6.96. The molecule has 1 aromatic carbocycles. The van der Waals surface area contributed by atoms with E-state index in [1.54, 1.807) is 6.20 Å². The van der Waals surface area contributed by atoms with Crippen LogP contribution in [0.3, 0.4) is 0 Å².